The summed E-state index contributed by atoms with van der Waals surface area (Å²) in [5.74, 6) is -1.11. The summed E-state index contributed by atoms with van der Waals surface area (Å²) in [6, 6.07) is 9.45. The summed E-state index contributed by atoms with van der Waals surface area (Å²) in [5, 5.41) is 12.1. The summed E-state index contributed by atoms with van der Waals surface area (Å²) in [5.41, 5.74) is 3.27. The molecule has 2 heterocycles. The van der Waals surface area contributed by atoms with Crippen molar-refractivity contribution < 1.29 is 14.7 Å². The van der Waals surface area contributed by atoms with Crippen molar-refractivity contribution in [3.63, 3.8) is 0 Å². The molecule has 4 rings (SSSR count). The number of benzene rings is 1. The lowest BCUT2D eigenvalue weighted by Crippen LogP contribution is -2.37. The number of nitrogens with one attached hydrogen (secondary N) is 2. The van der Waals surface area contributed by atoms with Gasteiger partial charge in [0.25, 0.3) is 5.91 Å². The summed E-state index contributed by atoms with van der Waals surface area (Å²) < 4.78 is 1.31. The van der Waals surface area contributed by atoms with E-state index in [2.05, 4.69) is 10.3 Å². The van der Waals surface area contributed by atoms with Crippen LogP contribution in [0.5, 0.6) is 0 Å². The number of thiophene rings is 1. The molecule has 3 aromatic rings. The molecule has 0 aliphatic heterocycles. The lowest BCUT2D eigenvalue weighted by molar-refractivity contribution is -0.136. The van der Waals surface area contributed by atoms with Gasteiger partial charge in [0.1, 0.15) is 15.3 Å². The van der Waals surface area contributed by atoms with E-state index in [0.29, 0.717) is 27.0 Å². The maximum atomic E-state index is 12.8. The third kappa shape index (κ3) is 3.52. The van der Waals surface area contributed by atoms with Crippen LogP contribution in [0.25, 0.3) is 10.2 Å². The molecule has 0 saturated heterocycles. The van der Waals surface area contributed by atoms with Crippen LogP contribution in [0.1, 0.15) is 33.8 Å². The molecular formula is C19H16Cl2N2O3S2. The Morgan fingerprint density at radius 3 is 2.82 bits per heavy atom. The van der Waals surface area contributed by atoms with E-state index in [4.69, 9.17) is 23.2 Å². The van der Waals surface area contributed by atoms with Gasteiger partial charge in [-0.05, 0) is 30.5 Å². The normalized spacial score (nSPS) is 19.5. The number of carboxylic acids is 1. The number of amides is 1. The van der Waals surface area contributed by atoms with Gasteiger partial charge in [0.05, 0.1) is 20.5 Å². The Bertz CT molecular complexity index is 1080. The fraction of sp³-hybridized carbons (Fsp3) is 0.263. The van der Waals surface area contributed by atoms with Gasteiger partial charge >= 0.3 is 5.97 Å². The highest BCUT2D eigenvalue weighted by molar-refractivity contribution is 8.00. The Morgan fingerprint density at radius 2 is 2.11 bits per heavy atom. The van der Waals surface area contributed by atoms with Crippen molar-refractivity contribution in [2.24, 2.45) is 0 Å². The van der Waals surface area contributed by atoms with Gasteiger partial charge in [-0.2, -0.15) is 0 Å². The predicted octanol–water partition coefficient (Wildman–Crippen LogP) is 5.14. The molecule has 0 saturated carbocycles. The maximum Gasteiger partial charge on any atom is 0.316 e. The Kier molecular flexibility index (Phi) is 5.35. The van der Waals surface area contributed by atoms with Crippen molar-refractivity contribution in [1.29, 1.82) is 0 Å². The van der Waals surface area contributed by atoms with E-state index >= 15 is 0 Å². The standard InChI is InChI=1S/C19H16Cl2N2O3S2/c1-8(19(25)26)27-16-10-5-3-2-4-9(10)6-11(16)23-18(24)12-7-13-15(22-12)14(20)17(21)28-13/h2-5,7-8,11,16,22H,6H2,1H3,(H,23,24)(H,25,26)/t8?,11-,16-/m1/s1. The largest absolute Gasteiger partial charge is 0.480 e. The zero-order valence-electron chi connectivity index (χ0n) is 14.7. The number of aliphatic carboxylic acids is 1. The quantitative estimate of drug-likeness (QED) is 0.498. The number of hydrogen-bond acceptors (Lipinski definition) is 4. The number of carbonyl (C=O) groups excluding carboxylic acids is 1. The topological polar surface area (TPSA) is 82.2 Å². The Labute approximate surface area is 179 Å². The van der Waals surface area contributed by atoms with E-state index in [0.717, 1.165) is 15.8 Å². The minimum atomic E-state index is -0.865. The van der Waals surface area contributed by atoms with Crippen LogP contribution in [0.15, 0.2) is 30.3 Å². The fourth-order valence-corrected chi connectivity index (χ4v) is 6.19. The highest BCUT2D eigenvalue weighted by Gasteiger charge is 2.36. The molecule has 28 heavy (non-hydrogen) atoms. The van der Waals surface area contributed by atoms with Gasteiger partial charge in [0.15, 0.2) is 0 Å². The van der Waals surface area contributed by atoms with E-state index in [1.807, 2.05) is 24.3 Å². The van der Waals surface area contributed by atoms with Crippen LogP contribution in [0, 0.1) is 0 Å². The van der Waals surface area contributed by atoms with E-state index in [1.54, 1.807) is 13.0 Å². The summed E-state index contributed by atoms with van der Waals surface area (Å²) in [4.78, 5) is 27.2. The Balaban J connectivity index is 1.57. The van der Waals surface area contributed by atoms with Crippen molar-refractivity contribution in [2.75, 3.05) is 0 Å². The number of halogens is 2. The summed E-state index contributed by atoms with van der Waals surface area (Å²) in [6.07, 6.45) is 0.660. The van der Waals surface area contributed by atoms with Gasteiger partial charge in [-0.3, -0.25) is 9.59 Å². The molecule has 1 amide bonds. The molecule has 1 aliphatic rings. The number of fused-ring (bicyclic) bond motifs is 2. The maximum absolute atomic E-state index is 12.8. The number of carboxylic acid groups (broad SMARTS) is 1. The Hall–Kier alpha value is -1.67. The second kappa shape index (κ2) is 7.63. The van der Waals surface area contributed by atoms with Crippen LogP contribution in [-0.4, -0.2) is 33.3 Å². The van der Waals surface area contributed by atoms with Crippen molar-refractivity contribution in [1.82, 2.24) is 10.3 Å². The van der Waals surface area contributed by atoms with E-state index < -0.39 is 11.2 Å². The first kappa shape index (κ1) is 19.6. The van der Waals surface area contributed by atoms with Crippen molar-refractivity contribution >= 4 is 68.4 Å². The SMILES string of the molecule is CC(S[C@@H]1c2ccccc2C[C@H]1NC(=O)c1cc2sc(Cl)c(Cl)c2[nH]1)C(=O)O. The lowest BCUT2D eigenvalue weighted by atomic mass is 10.1. The fourth-order valence-electron chi connectivity index (χ4n) is 3.42. The van der Waals surface area contributed by atoms with E-state index in [-0.39, 0.29) is 17.2 Å². The summed E-state index contributed by atoms with van der Waals surface area (Å²) >= 11 is 14.8. The molecule has 1 aliphatic carbocycles. The number of H-pyrrole nitrogens is 1. The molecule has 0 spiro atoms. The van der Waals surface area contributed by atoms with Crippen molar-refractivity contribution in [2.45, 2.75) is 29.9 Å². The molecule has 0 bridgehead atoms. The average molecular weight is 455 g/mol. The molecule has 0 fully saturated rings. The first-order valence-corrected chi connectivity index (χ1v) is 11.1. The number of aromatic nitrogens is 1. The molecule has 3 atom stereocenters. The number of hydrogen-bond donors (Lipinski definition) is 3. The van der Waals surface area contributed by atoms with Crippen LogP contribution in [0.4, 0.5) is 0 Å². The lowest BCUT2D eigenvalue weighted by Gasteiger charge is -2.23. The molecule has 2 aromatic heterocycles. The molecular weight excluding hydrogens is 439 g/mol. The molecule has 1 unspecified atom stereocenters. The first-order chi connectivity index (χ1) is 13.3. The van der Waals surface area contributed by atoms with Gasteiger partial charge < -0.3 is 15.4 Å². The van der Waals surface area contributed by atoms with Crippen molar-refractivity contribution in [3.05, 3.63) is 56.5 Å². The van der Waals surface area contributed by atoms with Gasteiger partial charge in [-0.15, -0.1) is 23.1 Å². The minimum absolute atomic E-state index is 0.125. The molecule has 5 nitrogen and oxygen atoms in total. The molecule has 3 N–H and O–H groups in total. The second-order valence-electron chi connectivity index (χ2n) is 6.63. The van der Waals surface area contributed by atoms with Gasteiger partial charge in [-0.25, -0.2) is 0 Å². The third-order valence-electron chi connectivity index (χ3n) is 4.80. The second-order valence-corrected chi connectivity index (χ2v) is 10.2. The van der Waals surface area contributed by atoms with E-state index in [1.165, 1.54) is 23.1 Å². The molecule has 146 valence electrons. The van der Waals surface area contributed by atoms with Crippen LogP contribution in [0.3, 0.4) is 0 Å². The van der Waals surface area contributed by atoms with Gasteiger partial charge in [-0.1, -0.05) is 47.5 Å². The zero-order chi connectivity index (χ0) is 20.0. The molecule has 1 aromatic carbocycles. The first-order valence-electron chi connectivity index (χ1n) is 8.58. The summed E-state index contributed by atoms with van der Waals surface area (Å²) in [7, 11) is 0. The summed E-state index contributed by atoms with van der Waals surface area (Å²) in [6.45, 7) is 1.66. The van der Waals surface area contributed by atoms with Crippen LogP contribution < -0.4 is 5.32 Å². The number of rotatable bonds is 5. The highest BCUT2D eigenvalue weighted by Crippen LogP contribution is 2.43. The van der Waals surface area contributed by atoms with Crippen LogP contribution in [-0.2, 0) is 11.2 Å². The average Bonchev–Trinajstić information content (AvgIpc) is 3.29. The monoisotopic (exact) mass is 454 g/mol. The zero-order valence-corrected chi connectivity index (χ0v) is 17.8. The van der Waals surface area contributed by atoms with Gasteiger partial charge in [0.2, 0.25) is 0 Å². The molecule has 0 radical (unpaired) electrons. The number of carbonyl (C=O) groups is 2. The smallest absolute Gasteiger partial charge is 0.316 e. The highest BCUT2D eigenvalue weighted by atomic mass is 35.5. The van der Waals surface area contributed by atoms with Crippen LogP contribution in [0.2, 0.25) is 9.36 Å². The number of thioether (sulfide) groups is 1. The van der Waals surface area contributed by atoms with Crippen molar-refractivity contribution in [3.8, 4) is 0 Å². The third-order valence-corrected chi connectivity index (χ3v) is 8.22. The minimum Gasteiger partial charge on any atom is -0.480 e. The van der Waals surface area contributed by atoms with E-state index in [9.17, 15) is 14.7 Å². The predicted molar refractivity (Wildman–Crippen MR) is 115 cm³/mol. The molecule has 9 heteroatoms. The van der Waals surface area contributed by atoms with Crippen LogP contribution >= 0.6 is 46.3 Å². The van der Waals surface area contributed by atoms with Gasteiger partial charge in [0, 0.05) is 6.04 Å². The number of aromatic amines is 1. The Morgan fingerprint density at radius 1 is 1.36 bits per heavy atom.